The number of hydrogen-bond acceptors (Lipinski definition) is 4. The van der Waals surface area contributed by atoms with E-state index in [4.69, 9.17) is 0 Å². The van der Waals surface area contributed by atoms with E-state index in [0.717, 1.165) is 17.4 Å². The Morgan fingerprint density at radius 3 is 2.57 bits per heavy atom. The maximum absolute atomic E-state index is 12.5. The summed E-state index contributed by atoms with van der Waals surface area (Å²) >= 11 is 3.23. The van der Waals surface area contributed by atoms with Crippen LogP contribution >= 0.6 is 15.9 Å². The van der Waals surface area contributed by atoms with Crippen molar-refractivity contribution in [2.24, 2.45) is 0 Å². The highest BCUT2D eigenvalue weighted by atomic mass is 79.9. The highest BCUT2D eigenvalue weighted by molar-refractivity contribution is 9.10. The molecule has 21 heavy (non-hydrogen) atoms. The molecule has 1 saturated heterocycles. The van der Waals surface area contributed by atoms with Gasteiger partial charge in [-0.2, -0.15) is 4.31 Å². The largest absolute Gasteiger partial charge is 0.339 e. The minimum absolute atomic E-state index is 0.149. The SMILES string of the molecule is CN(CC(=O)N1CCNCC1)S(=O)(=O)c1ccccc1Br. The maximum atomic E-state index is 12.5. The Labute approximate surface area is 133 Å². The molecule has 1 aromatic rings. The Balaban J connectivity index is 2.10. The molecule has 1 amide bonds. The quantitative estimate of drug-likeness (QED) is 0.831. The first-order valence-corrected chi connectivity index (χ1v) is 8.85. The van der Waals surface area contributed by atoms with Crippen LogP contribution in [-0.2, 0) is 14.8 Å². The molecule has 116 valence electrons. The minimum Gasteiger partial charge on any atom is -0.339 e. The molecule has 1 fully saturated rings. The first-order valence-electron chi connectivity index (χ1n) is 6.62. The van der Waals surface area contributed by atoms with E-state index < -0.39 is 10.0 Å². The fourth-order valence-electron chi connectivity index (χ4n) is 2.11. The van der Waals surface area contributed by atoms with E-state index in [0.29, 0.717) is 17.6 Å². The van der Waals surface area contributed by atoms with Crippen molar-refractivity contribution in [2.75, 3.05) is 39.8 Å². The van der Waals surface area contributed by atoms with Crippen molar-refractivity contribution < 1.29 is 13.2 Å². The van der Waals surface area contributed by atoms with E-state index >= 15 is 0 Å². The number of rotatable bonds is 4. The van der Waals surface area contributed by atoms with Gasteiger partial charge in [-0.25, -0.2) is 8.42 Å². The van der Waals surface area contributed by atoms with Crippen LogP contribution in [0.15, 0.2) is 33.6 Å². The minimum atomic E-state index is -3.68. The zero-order chi connectivity index (χ0) is 15.5. The number of benzene rings is 1. The number of likely N-dealkylation sites (N-methyl/N-ethyl adjacent to an activating group) is 1. The summed E-state index contributed by atoms with van der Waals surface area (Å²) in [5.41, 5.74) is 0. The molecule has 0 bridgehead atoms. The molecule has 8 heteroatoms. The summed E-state index contributed by atoms with van der Waals surface area (Å²) in [5, 5.41) is 3.15. The molecular weight excluding hydrogens is 358 g/mol. The molecule has 1 aromatic carbocycles. The lowest BCUT2D eigenvalue weighted by Crippen LogP contribution is -2.49. The zero-order valence-corrected chi connectivity index (χ0v) is 14.2. The lowest BCUT2D eigenvalue weighted by atomic mass is 10.3. The molecule has 0 unspecified atom stereocenters. The van der Waals surface area contributed by atoms with Crippen LogP contribution in [0.1, 0.15) is 0 Å². The van der Waals surface area contributed by atoms with Gasteiger partial charge in [0.25, 0.3) is 0 Å². The van der Waals surface area contributed by atoms with Gasteiger partial charge in [0, 0.05) is 37.7 Å². The number of carbonyl (C=O) groups excluding carboxylic acids is 1. The summed E-state index contributed by atoms with van der Waals surface area (Å²) in [4.78, 5) is 14.0. The van der Waals surface area contributed by atoms with Gasteiger partial charge in [0.2, 0.25) is 15.9 Å². The number of hydrogen-bond donors (Lipinski definition) is 1. The van der Waals surface area contributed by atoms with Gasteiger partial charge in [0.05, 0.1) is 11.4 Å². The van der Waals surface area contributed by atoms with Gasteiger partial charge < -0.3 is 10.2 Å². The second-order valence-electron chi connectivity index (χ2n) is 4.82. The average Bonchev–Trinajstić information content (AvgIpc) is 2.48. The van der Waals surface area contributed by atoms with E-state index in [9.17, 15) is 13.2 Å². The first-order chi connectivity index (χ1) is 9.93. The molecule has 0 saturated carbocycles. The standard InChI is InChI=1S/C13H18BrN3O3S/c1-16(10-13(18)17-8-6-15-7-9-17)21(19,20)12-5-3-2-4-11(12)14/h2-5,15H,6-10H2,1H3. The average molecular weight is 376 g/mol. The summed E-state index contributed by atoms with van der Waals surface area (Å²) in [5.74, 6) is -0.172. The number of sulfonamides is 1. The third-order valence-electron chi connectivity index (χ3n) is 3.35. The van der Waals surface area contributed by atoms with E-state index in [1.165, 1.54) is 13.1 Å². The summed E-state index contributed by atoms with van der Waals surface area (Å²) in [7, 11) is -2.25. The molecule has 0 aromatic heterocycles. The zero-order valence-electron chi connectivity index (χ0n) is 11.8. The number of nitrogens with zero attached hydrogens (tertiary/aromatic N) is 2. The Hall–Kier alpha value is -0.960. The number of carbonyl (C=O) groups is 1. The van der Waals surface area contributed by atoms with Crippen LogP contribution < -0.4 is 5.32 Å². The number of halogens is 1. The Bertz CT molecular complexity index is 615. The number of nitrogens with one attached hydrogen (secondary N) is 1. The molecule has 0 spiro atoms. The number of amides is 1. The van der Waals surface area contributed by atoms with E-state index in [2.05, 4.69) is 21.2 Å². The molecule has 1 N–H and O–H groups in total. The third kappa shape index (κ3) is 3.82. The predicted octanol–water partition coefficient (Wildman–Crippen LogP) is 0.501. The van der Waals surface area contributed by atoms with Crippen LogP contribution in [0.2, 0.25) is 0 Å². The van der Waals surface area contributed by atoms with E-state index in [1.54, 1.807) is 23.1 Å². The van der Waals surface area contributed by atoms with Gasteiger partial charge in [0.15, 0.2) is 0 Å². The third-order valence-corrected chi connectivity index (χ3v) is 6.17. The predicted molar refractivity (Wildman–Crippen MR) is 83.4 cm³/mol. The topological polar surface area (TPSA) is 69.7 Å². The van der Waals surface area contributed by atoms with Crippen LogP contribution in [0.5, 0.6) is 0 Å². The normalized spacial score (nSPS) is 16.2. The van der Waals surface area contributed by atoms with Crippen molar-refractivity contribution in [3.63, 3.8) is 0 Å². The Morgan fingerprint density at radius 1 is 1.33 bits per heavy atom. The van der Waals surface area contributed by atoms with Gasteiger partial charge >= 0.3 is 0 Å². The van der Waals surface area contributed by atoms with Crippen LogP contribution in [0.25, 0.3) is 0 Å². The highest BCUT2D eigenvalue weighted by Gasteiger charge is 2.27. The van der Waals surface area contributed by atoms with Crippen molar-refractivity contribution in [1.29, 1.82) is 0 Å². The number of piperazine rings is 1. The van der Waals surface area contributed by atoms with Crippen molar-refractivity contribution in [1.82, 2.24) is 14.5 Å². The lowest BCUT2D eigenvalue weighted by molar-refractivity contribution is -0.131. The molecular formula is C13H18BrN3O3S. The summed E-state index contributed by atoms with van der Waals surface area (Å²) < 4.78 is 26.6. The van der Waals surface area contributed by atoms with Gasteiger partial charge in [-0.1, -0.05) is 12.1 Å². The smallest absolute Gasteiger partial charge is 0.244 e. The van der Waals surface area contributed by atoms with Gasteiger partial charge in [-0.05, 0) is 28.1 Å². The Kier molecular flexibility index (Phi) is 5.37. The molecule has 2 rings (SSSR count). The molecule has 1 aliphatic rings. The van der Waals surface area contributed by atoms with E-state index in [-0.39, 0.29) is 17.3 Å². The van der Waals surface area contributed by atoms with Gasteiger partial charge in [0.1, 0.15) is 0 Å². The highest BCUT2D eigenvalue weighted by Crippen LogP contribution is 2.23. The first kappa shape index (κ1) is 16.4. The molecule has 0 atom stereocenters. The monoisotopic (exact) mass is 375 g/mol. The van der Waals surface area contributed by atoms with E-state index in [1.807, 2.05) is 0 Å². The van der Waals surface area contributed by atoms with Gasteiger partial charge in [-0.3, -0.25) is 4.79 Å². The fourth-order valence-corrected chi connectivity index (χ4v) is 4.19. The van der Waals surface area contributed by atoms with Crippen LogP contribution in [0.4, 0.5) is 0 Å². The molecule has 1 heterocycles. The van der Waals surface area contributed by atoms with Crippen LogP contribution in [0.3, 0.4) is 0 Å². The maximum Gasteiger partial charge on any atom is 0.244 e. The van der Waals surface area contributed by atoms with Crippen LogP contribution in [-0.4, -0.2) is 63.3 Å². The van der Waals surface area contributed by atoms with Crippen LogP contribution in [0, 0.1) is 0 Å². The Morgan fingerprint density at radius 2 is 1.95 bits per heavy atom. The fraction of sp³-hybridized carbons (Fsp3) is 0.462. The molecule has 0 radical (unpaired) electrons. The second kappa shape index (κ2) is 6.87. The molecule has 1 aliphatic heterocycles. The lowest BCUT2D eigenvalue weighted by Gasteiger charge is -2.29. The van der Waals surface area contributed by atoms with Crippen molar-refractivity contribution in [3.05, 3.63) is 28.7 Å². The van der Waals surface area contributed by atoms with Crippen molar-refractivity contribution in [2.45, 2.75) is 4.90 Å². The summed E-state index contributed by atoms with van der Waals surface area (Å²) in [6.45, 7) is 2.56. The van der Waals surface area contributed by atoms with Crippen molar-refractivity contribution >= 4 is 31.9 Å². The molecule has 6 nitrogen and oxygen atoms in total. The van der Waals surface area contributed by atoms with Crippen molar-refractivity contribution in [3.8, 4) is 0 Å². The van der Waals surface area contributed by atoms with Gasteiger partial charge in [-0.15, -0.1) is 0 Å². The summed E-state index contributed by atoms with van der Waals surface area (Å²) in [6.07, 6.45) is 0. The molecule has 0 aliphatic carbocycles. The summed E-state index contributed by atoms with van der Waals surface area (Å²) in [6, 6.07) is 6.59. The second-order valence-corrected chi connectivity index (χ2v) is 7.69.